The summed E-state index contributed by atoms with van der Waals surface area (Å²) in [4.78, 5) is 21.2. The smallest absolute Gasteiger partial charge is 0.254 e. The van der Waals surface area contributed by atoms with Gasteiger partial charge in [0, 0.05) is 37.9 Å². The number of hydrogen-bond acceptors (Lipinski definition) is 4. The molecule has 0 unspecified atom stereocenters. The Morgan fingerprint density at radius 1 is 1.21 bits per heavy atom. The molecule has 7 heteroatoms. The summed E-state index contributed by atoms with van der Waals surface area (Å²) in [6, 6.07) is 3.57. The third-order valence-corrected chi connectivity index (χ3v) is 3.73. The Balaban J connectivity index is 0. The molecule has 0 spiro atoms. The average molecular weight is 379 g/mol. The number of pyridine rings is 1. The van der Waals surface area contributed by atoms with Crippen molar-refractivity contribution in [2.24, 2.45) is 11.7 Å². The number of rotatable bonds is 9. The molecule has 24 heavy (non-hydrogen) atoms. The van der Waals surface area contributed by atoms with Gasteiger partial charge in [-0.15, -0.1) is 24.8 Å². The minimum Gasteiger partial charge on any atom is -0.337 e. The number of carbonyl (C=O) groups excluding carboxylic acids is 1. The number of likely N-dealkylation sites (N-methyl/N-ethyl adjacent to an activating group) is 1. The van der Waals surface area contributed by atoms with E-state index in [0.717, 1.165) is 38.4 Å². The quantitative estimate of drug-likeness (QED) is 0.717. The largest absolute Gasteiger partial charge is 0.337 e. The fourth-order valence-corrected chi connectivity index (χ4v) is 2.42. The van der Waals surface area contributed by atoms with Gasteiger partial charge in [-0.05, 0) is 31.1 Å². The number of carbonyl (C=O) groups is 1. The second-order valence-corrected chi connectivity index (χ2v) is 5.91. The van der Waals surface area contributed by atoms with Crippen LogP contribution < -0.4 is 5.73 Å². The third-order valence-electron chi connectivity index (χ3n) is 3.73. The second kappa shape index (κ2) is 13.4. The van der Waals surface area contributed by atoms with Crippen LogP contribution in [0.1, 0.15) is 43.7 Å². The first-order valence-corrected chi connectivity index (χ1v) is 8.18. The standard InChI is InChI=1S/C17H30N4O.2ClH/c1-5-20(6-2)9-10-21(13-14(3)4)17(22)15-7-8-19-16(11-15)12-18;;/h7-8,11,14H,5-6,9-10,12-13,18H2,1-4H3;2*1H. The number of halogens is 2. The summed E-state index contributed by atoms with van der Waals surface area (Å²) in [7, 11) is 0. The van der Waals surface area contributed by atoms with Crippen molar-refractivity contribution in [3.63, 3.8) is 0 Å². The fourth-order valence-electron chi connectivity index (χ4n) is 2.42. The van der Waals surface area contributed by atoms with Crippen LogP contribution in [-0.4, -0.2) is 53.4 Å². The molecular formula is C17H32Cl2N4O. The minimum absolute atomic E-state index is 0. The van der Waals surface area contributed by atoms with E-state index in [1.807, 2.05) is 4.90 Å². The van der Waals surface area contributed by atoms with Crippen molar-refractivity contribution in [2.75, 3.05) is 32.7 Å². The monoisotopic (exact) mass is 378 g/mol. The van der Waals surface area contributed by atoms with Crippen LogP contribution in [0.3, 0.4) is 0 Å². The van der Waals surface area contributed by atoms with E-state index in [9.17, 15) is 4.79 Å². The van der Waals surface area contributed by atoms with Crippen molar-refractivity contribution in [3.05, 3.63) is 29.6 Å². The van der Waals surface area contributed by atoms with Gasteiger partial charge in [-0.25, -0.2) is 0 Å². The molecule has 1 heterocycles. The Labute approximate surface area is 158 Å². The van der Waals surface area contributed by atoms with E-state index < -0.39 is 0 Å². The van der Waals surface area contributed by atoms with Crippen LogP contribution in [0.5, 0.6) is 0 Å². The van der Waals surface area contributed by atoms with E-state index in [0.29, 0.717) is 18.0 Å². The zero-order chi connectivity index (χ0) is 16.5. The molecule has 0 bridgehead atoms. The normalized spacial score (nSPS) is 10.3. The predicted molar refractivity (Wildman–Crippen MR) is 105 cm³/mol. The maximum atomic E-state index is 12.8. The lowest BCUT2D eigenvalue weighted by atomic mass is 10.1. The molecule has 140 valence electrons. The Hall–Kier alpha value is -0.880. The molecule has 0 fully saturated rings. The van der Waals surface area contributed by atoms with Gasteiger partial charge in [0.15, 0.2) is 0 Å². The summed E-state index contributed by atoms with van der Waals surface area (Å²) in [6.45, 7) is 13.3. The SMILES string of the molecule is CCN(CC)CCN(CC(C)C)C(=O)c1ccnc(CN)c1.Cl.Cl. The molecule has 2 N–H and O–H groups in total. The van der Waals surface area contributed by atoms with E-state index in [-0.39, 0.29) is 30.7 Å². The number of nitrogens with zero attached hydrogens (tertiary/aromatic N) is 3. The zero-order valence-electron chi connectivity index (χ0n) is 15.2. The number of aromatic nitrogens is 1. The number of amides is 1. The highest BCUT2D eigenvalue weighted by Gasteiger charge is 2.18. The molecule has 0 aromatic carbocycles. The average Bonchev–Trinajstić information content (AvgIpc) is 2.53. The first kappa shape index (κ1) is 25.4. The third kappa shape index (κ3) is 8.29. The molecular weight excluding hydrogens is 347 g/mol. The second-order valence-electron chi connectivity index (χ2n) is 5.91. The van der Waals surface area contributed by atoms with Crippen LogP contribution in [0.25, 0.3) is 0 Å². The van der Waals surface area contributed by atoms with Crippen molar-refractivity contribution in [1.82, 2.24) is 14.8 Å². The predicted octanol–water partition coefficient (Wildman–Crippen LogP) is 2.82. The van der Waals surface area contributed by atoms with Gasteiger partial charge in [0.05, 0.1) is 5.69 Å². The fraction of sp³-hybridized carbons (Fsp3) is 0.647. The molecule has 5 nitrogen and oxygen atoms in total. The van der Waals surface area contributed by atoms with Gasteiger partial charge in [0.1, 0.15) is 0 Å². The summed E-state index contributed by atoms with van der Waals surface area (Å²) in [5.41, 5.74) is 7.04. The van der Waals surface area contributed by atoms with Gasteiger partial charge in [-0.2, -0.15) is 0 Å². The van der Waals surface area contributed by atoms with Crippen LogP contribution in [0.4, 0.5) is 0 Å². The van der Waals surface area contributed by atoms with E-state index in [1.165, 1.54) is 0 Å². The lowest BCUT2D eigenvalue weighted by Crippen LogP contribution is -2.40. The molecule has 1 aromatic heterocycles. The molecule has 1 aromatic rings. The van der Waals surface area contributed by atoms with Crippen molar-refractivity contribution < 1.29 is 4.79 Å². The first-order chi connectivity index (χ1) is 10.5. The number of nitrogens with two attached hydrogens (primary N) is 1. The van der Waals surface area contributed by atoms with Crippen LogP contribution in [0.15, 0.2) is 18.3 Å². The summed E-state index contributed by atoms with van der Waals surface area (Å²) >= 11 is 0. The highest BCUT2D eigenvalue weighted by molar-refractivity contribution is 5.94. The summed E-state index contributed by atoms with van der Waals surface area (Å²) < 4.78 is 0. The molecule has 0 aliphatic rings. The van der Waals surface area contributed by atoms with Crippen LogP contribution in [0.2, 0.25) is 0 Å². The maximum Gasteiger partial charge on any atom is 0.254 e. The van der Waals surface area contributed by atoms with Gasteiger partial charge >= 0.3 is 0 Å². The summed E-state index contributed by atoms with van der Waals surface area (Å²) in [5, 5.41) is 0. The summed E-state index contributed by atoms with van der Waals surface area (Å²) in [5.74, 6) is 0.509. The first-order valence-electron chi connectivity index (χ1n) is 8.18. The topological polar surface area (TPSA) is 62.5 Å². The highest BCUT2D eigenvalue weighted by Crippen LogP contribution is 2.09. The van der Waals surface area contributed by atoms with Gasteiger partial charge in [0.2, 0.25) is 0 Å². The summed E-state index contributed by atoms with van der Waals surface area (Å²) in [6.07, 6.45) is 1.66. The van der Waals surface area contributed by atoms with Gasteiger partial charge in [0.25, 0.3) is 5.91 Å². The minimum atomic E-state index is 0. The van der Waals surface area contributed by atoms with Crippen molar-refractivity contribution in [2.45, 2.75) is 34.2 Å². The highest BCUT2D eigenvalue weighted by atomic mass is 35.5. The lowest BCUT2D eigenvalue weighted by Gasteiger charge is -2.28. The Bertz CT molecular complexity index is 468. The van der Waals surface area contributed by atoms with Crippen LogP contribution in [-0.2, 0) is 6.54 Å². The Morgan fingerprint density at radius 3 is 2.33 bits per heavy atom. The lowest BCUT2D eigenvalue weighted by molar-refractivity contribution is 0.0716. The maximum absolute atomic E-state index is 12.8. The molecule has 1 rings (SSSR count). The van der Waals surface area contributed by atoms with E-state index >= 15 is 0 Å². The van der Waals surface area contributed by atoms with E-state index in [2.05, 4.69) is 37.6 Å². The van der Waals surface area contributed by atoms with Gasteiger partial charge < -0.3 is 15.5 Å². The van der Waals surface area contributed by atoms with Crippen molar-refractivity contribution >= 4 is 30.7 Å². The molecule has 0 saturated heterocycles. The molecule has 0 saturated carbocycles. The van der Waals surface area contributed by atoms with E-state index in [4.69, 9.17) is 5.73 Å². The Morgan fingerprint density at radius 2 is 1.83 bits per heavy atom. The molecule has 0 aliphatic carbocycles. The van der Waals surface area contributed by atoms with Crippen LogP contribution in [0, 0.1) is 5.92 Å². The molecule has 0 radical (unpaired) electrons. The van der Waals surface area contributed by atoms with E-state index in [1.54, 1.807) is 18.3 Å². The van der Waals surface area contributed by atoms with Gasteiger partial charge in [-0.3, -0.25) is 9.78 Å². The van der Waals surface area contributed by atoms with Gasteiger partial charge in [-0.1, -0.05) is 27.7 Å². The zero-order valence-corrected chi connectivity index (χ0v) is 16.8. The molecule has 0 aliphatic heterocycles. The van der Waals surface area contributed by atoms with Crippen LogP contribution >= 0.6 is 24.8 Å². The van der Waals surface area contributed by atoms with Crippen molar-refractivity contribution in [3.8, 4) is 0 Å². The molecule has 1 amide bonds. The molecule has 0 atom stereocenters. The Kier molecular flexibility index (Phi) is 14.2. The number of hydrogen-bond donors (Lipinski definition) is 1. The van der Waals surface area contributed by atoms with Crippen molar-refractivity contribution in [1.29, 1.82) is 0 Å².